The fourth-order valence-corrected chi connectivity index (χ4v) is 3.18. The average molecular weight is 296 g/mol. The molecule has 0 heterocycles. The molecule has 1 amide bonds. The number of nitrogens with one attached hydrogen (secondary N) is 1. The van der Waals surface area contributed by atoms with Crippen molar-refractivity contribution in [1.82, 2.24) is 9.62 Å². The molecule has 0 spiro atoms. The van der Waals surface area contributed by atoms with Crippen molar-refractivity contribution >= 4 is 22.0 Å². The smallest absolute Gasteiger partial charge is 0.243 e. The maximum Gasteiger partial charge on any atom is 0.243 e. The van der Waals surface area contributed by atoms with Gasteiger partial charge in [0.1, 0.15) is 0 Å². The lowest BCUT2D eigenvalue weighted by Gasteiger charge is -2.18. The molecule has 1 rings (SSSR count). The molecule has 0 saturated heterocycles. The number of carbonyl (C=O) groups is 1. The first-order chi connectivity index (χ1) is 9.45. The summed E-state index contributed by atoms with van der Waals surface area (Å²) < 4.78 is 25.9. The monoisotopic (exact) mass is 296 g/mol. The van der Waals surface area contributed by atoms with Crippen molar-refractivity contribution in [2.24, 2.45) is 0 Å². The first kappa shape index (κ1) is 16.4. The van der Waals surface area contributed by atoms with Crippen LogP contribution in [-0.2, 0) is 14.8 Å². The molecule has 1 aromatic carbocycles. The van der Waals surface area contributed by atoms with E-state index in [0.717, 1.165) is 5.56 Å². The standard InChI is InChI=1S/C14H20N2O3S/c1-4-16(5-2)20(18,19)13-9-6-12(7-10-13)8-11-14(17)15-3/h6-11H,4-5H2,1-3H3,(H,15,17). The van der Waals surface area contributed by atoms with Crippen LogP contribution in [0.4, 0.5) is 0 Å². The molecule has 110 valence electrons. The minimum Gasteiger partial charge on any atom is -0.356 e. The Morgan fingerprint density at radius 2 is 1.75 bits per heavy atom. The highest BCUT2D eigenvalue weighted by atomic mass is 32.2. The molecule has 0 aliphatic rings. The van der Waals surface area contributed by atoms with E-state index in [1.54, 1.807) is 37.4 Å². The third-order valence-corrected chi connectivity index (χ3v) is 4.96. The minimum absolute atomic E-state index is 0.204. The van der Waals surface area contributed by atoms with Gasteiger partial charge < -0.3 is 5.32 Å². The van der Waals surface area contributed by atoms with Gasteiger partial charge in [0.25, 0.3) is 0 Å². The molecule has 0 fully saturated rings. The second-order valence-corrected chi connectivity index (χ2v) is 6.04. The Hall–Kier alpha value is -1.66. The van der Waals surface area contributed by atoms with Crippen LogP contribution in [0.3, 0.4) is 0 Å². The predicted octanol–water partition coefficient (Wildman–Crippen LogP) is 1.48. The largest absolute Gasteiger partial charge is 0.356 e. The van der Waals surface area contributed by atoms with E-state index in [2.05, 4.69) is 5.32 Å². The van der Waals surface area contributed by atoms with Gasteiger partial charge in [0, 0.05) is 26.2 Å². The molecule has 0 unspecified atom stereocenters. The second kappa shape index (κ2) is 7.21. The molecule has 0 aromatic heterocycles. The summed E-state index contributed by atoms with van der Waals surface area (Å²) in [5.74, 6) is -0.204. The number of amides is 1. The van der Waals surface area contributed by atoms with Crippen molar-refractivity contribution in [3.63, 3.8) is 0 Å². The summed E-state index contributed by atoms with van der Waals surface area (Å²) in [7, 11) is -1.88. The van der Waals surface area contributed by atoms with E-state index in [0.29, 0.717) is 13.1 Å². The van der Waals surface area contributed by atoms with Crippen molar-refractivity contribution in [1.29, 1.82) is 0 Å². The van der Waals surface area contributed by atoms with Crippen LogP contribution < -0.4 is 5.32 Å². The van der Waals surface area contributed by atoms with E-state index < -0.39 is 10.0 Å². The van der Waals surface area contributed by atoms with Crippen LogP contribution in [0.2, 0.25) is 0 Å². The molecule has 5 nitrogen and oxygen atoms in total. The fourth-order valence-electron chi connectivity index (χ4n) is 1.72. The van der Waals surface area contributed by atoms with Gasteiger partial charge in [0.15, 0.2) is 0 Å². The number of hydrogen-bond donors (Lipinski definition) is 1. The highest BCUT2D eigenvalue weighted by Crippen LogP contribution is 2.16. The van der Waals surface area contributed by atoms with Gasteiger partial charge in [0.2, 0.25) is 15.9 Å². The van der Waals surface area contributed by atoms with Crippen LogP contribution in [-0.4, -0.2) is 38.8 Å². The Labute approximate surface area is 120 Å². The maximum absolute atomic E-state index is 12.3. The molecule has 6 heteroatoms. The van der Waals surface area contributed by atoms with E-state index >= 15 is 0 Å². The van der Waals surface area contributed by atoms with Gasteiger partial charge in [-0.15, -0.1) is 0 Å². The summed E-state index contributed by atoms with van der Waals surface area (Å²) in [4.78, 5) is 11.3. The lowest BCUT2D eigenvalue weighted by Crippen LogP contribution is -2.30. The molecule has 0 aliphatic carbocycles. The van der Waals surface area contributed by atoms with Crippen LogP contribution in [0, 0.1) is 0 Å². The van der Waals surface area contributed by atoms with Crippen molar-refractivity contribution in [2.45, 2.75) is 18.7 Å². The van der Waals surface area contributed by atoms with E-state index in [4.69, 9.17) is 0 Å². The molecule has 0 aliphatic heterocycles. The van der Waals surface area contributed by atoms with E-state index in [-0.39, 0.29) is 10.8 Å². The van der Waals surface area contributed by atoms with Crippen LogP contribution >= 0.6 is 0 Å². The first-order valence-electron chi connectivity index (χ1n) is 6.45. The van der Waals surface area contributed by atoms with Crippen LogP contribution in [0.15, 0.2) is 35.2 Å². The molecule has 1 aromatic rings. The number of rotatable bonds is 6. The topological polar surface area (TPSA) is 66.5 Å². The second-order valence-electron chi connectivity index (χ2n) is 4.11. The maximum atomic E-state index is 12.3. The number of carbonyl (C=O) groups excluding carboxylic acids is 1. The van der Waals surface area contributed by atoms with Gasteiger partial charge in [0.05, 0.1) is 4.90 Å². The number of hydrogen-bond acceptors (Lipinski definition) is 3. The van der Waals surface area contributed by atoms with Gasteiger partial charge in [-0.2, -0.15) is 4.31 Å². The van der Waals surface area contributed by atoms with Gasteiger partial charge in [-0.3, -0.25) is 4.79 Å². The molecule has 1 N–H and O–H groups in total. The number of nitrogens with zero attached hydrogens (tertiary/aromatic N) is 1. The number of benzene rings is 1. The fraction of sp³-hybridized carbons (Fsp3) is 0.357. The van der Waals surface area contributed by atoms with Crippen LogP contribution in [0.5, 0.6) is 0 Å². The van der Waals surface area contributed by atoms with Crippen LogP contribution in [0.25, 0.3) is 6.08 Å². The highest BCUT2D eigenvalue weighted by Gasteiger charge is 2.20. The van der Waals surface area contributed by atoms with E-state index in [9.17, 15) is 13.2 Å². The van der Waals surface area contributed by atoms with Gasteiger partial charge in [-0.1, -0.05) is 26.0 Å². The Morgan fingerprint density at radius 1 is 1.20 bits per heavy atom. The van der Waals surface area contributed by atoms with Crippen molar-refractivity contribution in [3.05, 3.63) is 35.9 Å². The Morgan fingerprint density at radius 3 is 2.20 bits per heavy atom. The highest BCUT2D eigenvalue weighted by molar-refractivity contribution is 7.89. The lowest BCUT2D eigenvalue weighted by atomic mass is 10.2. The zero-order chi connectivity index (χ0) is 15.2. The number of sulfonamides is 1. The van der Waals surface area contributed by atoms with Crippen molar-refractivity contribution in [2.75, 3.05) is 20.1 Å². The van der Waals surface area contributed by atoms with Gasteiger partial charge in [-0.05, 0) is 23.8 Å². The molecular formula is C14H20N2O3S. The lowest BCUT2D eigenvalue weighted by molar-refractivity contribution is -0.115. The first-order valence-corrected chi connectivity index (χ1v) is 7.89. The van der Waals surface area contributed by atoms with Gasteiger partial charge in [-0.25, -0.2) is 8.42 Å². The minimum atomic E-state index is -3.42. The van der Waals surface area contributed by atoms with Gasteiger partial charge >= 0.3 is 0 Å². The van der Waals surface area contributed by atoms with Crippen molar-refractivity contribution < 1.29 is 13.2 Å². The summed E-state index contributed by atoms with van der Waals surface area (Å²) >= 11 is 0. The molecule has 0 radical (unpaired) electrons. The average Bonchev–Trinajstić information content (AvgIpc) is 2.46. The summed E-state index contributed by atoms with van der Waals surface area (Å²) in [6.45, 7) is 4.50. The summed E-state index contributed by atoms with van der Waals surface area (Å²) in [5, 5.41) is 2.47. The molecule has 20 heavy (non-hydrogen) atoms. The zero-order valence-corrected chi connectivity index (χ0v) is 12.8. The third kappa shape index (κ3) is 3.91. The van der Waals surface area contributed by atoms with Crippen LogP contribution in [0.1, 0.15) is 19.4 Å². The predicted molar refractivity (Wildman–Crippen MR) is 79.6 cm³/mol. The summed E-state index contributed by atoms with van der Waals surface area (Å²) in [6, 6.07) is 6.46. The zero-order valence-electron chi connectivity index (χ0n) is 12.0. The molecular weight excluding hydrogens is 276 g/mol. The van der Waals surface area contributed by atoms with E-state index in [1.165, 1.54) is 10.4 Å². The Bertz CT molecular complexity index is 573. The SMILES string of the molecule is CCN(CC)S(=O)(=O)c1ccc(C=CC(=O)NC)cc1. The Kier molecular flexibility index (Phi) is 5.91. The summed E-state index contributed by atoms with van der Waals surface area (Å²) in [6.07, 6.45) is 3.03. The van der Waals surface area contributed by atoms with E-state index in [1.807, 2.05) is 13.8 Å². The number of likely N-dealkylation sites (N-methyl/N-ethyl adjacent to an activating group) is 1. The quantitative estimate of drug-likeness (QED) is 0.809. The molecule has 0 atom stereocenters. The third-order valence-electron chi connectivity index (χ3n) is 2.90. The molecule has 0 bridgehead atoms. The normalized spacial score (nSPS) is 12.0. The molecule has 0 saturated carbocycles. The Balaban J connectivity index is 2.97. The summed E-state index contributed by atoms with van der Waals surface area (Å²) in [5.41, 5.74) is 0.770. The van der Waals surface area contributed by atoms with Crippen molar-refractivity contribution in [3.8, 4) is 0 Å².